The minimum absolute atomic E-state index is 0.518. The van der Waals surface area contributed by atoms with E-state index in [1.807, 2.05) is 18.2 Å². The summed E-state index contributed by atoms with van der Waals surface area (Å²) >= 11 is 10.3. The number of rotatable bonds is 2. The van der Waals surface area contributed by atoms with E-state index in [0.717, 1.165) is 25.8 Å². The second-order valence-corrected chi connectivity index (χ2v) is 6.89. The van der Waals surface area contributed by atoms with Crippen molar-refractivity contribution >= 4 is 56.4 Å². The molecular weight excluding hydrogens is 391 g/mol. The molecule has 0 spiro atoms. The Kier molecular flexibility index (Phi) is 3.73. The zero-order valence-corrected chi connectivity index (χ0v) is 13.9. The van der Waals surface area contributed by atoms with Gasteiger partial charge in [-0.05, 0) is 59.3 Å². The quantitative estimate of drug-likeness (QED) is 0.437. The van der Waals surface area contributed by atoms with Crippen LogP contribution in [-0.4, -0.2) is 9.97 Å². The molecule has 0 aliphatic carbocycles. The maximum absolute atomic E-state index is 6.27. The Morgan fingerprint density at radius 1 is 1.21 bits per heavy atom. The molecule has 96 valence electrons. The van der Waals surface area contributed by atoms with Crippen molar-refractivity contribution in [3.8, 4) is 10.7 Å². The van der Waals surface area contributed by atoms with Gasteiger partial charge in [0.1, 0.15) is 5.15 Å². The topological polar surface area (TPSA) is 25.8 Å². The highest BCUT2D eigenvalue weighted by atomic mass is 127. The van der Waals surface area contributed by atoms with E-state index < -0.39 is 0 Å². The van der Waals surface area contributed by atoms with Gasteiger partial charge in [-0.1, -0.05) is 18.5 Å². The third kappa shape index (κ3) is 2.61. The van der Waals surface area contributed by atoms with E-state index in [1.54, 1.807) is 11.3 Å². The predicted molar refractivity (Wildman–Crippen MR) is 90.0 cm³/mol. The van der Waals surface area contributed by atoms with E-state index in [0.29, 0.717) is 11.0 Å². The number of benzene rings is 1. The highest BCUT2D eigenvalue weighted by molar-refractivity contribution is 14.1. The molecule has 0 fully saturated rings. The summed E-state index contributed by atoms with van der Waals surface area (Å²) in [6, 6.07) is 10.2. The standard InChI is InChI=1S/C14H10ClIN2S/c1-2-9-4-6-12(19-9)14-17-11-5-3-8(16)7-10(11)13(15)18-14/h3-7H,2H2,1H3. The first-order valence-corrected chi connectivity index (χ1v) is 8.16. The molecule has 0 saturated carbocycles. The summed E-state index contributed by atoms with van der Waals surface area (Å²) in [6.45, 7) is 2.14. The molecule has 19 heavy (non-hydrogen) atoms. The normalized spacial score (nSPS) is 11.1. The summed E-state index contributed by atoms with van der Waals surface area (Å²) < 4.78 is 1.13. The molecule has 0 aliphatic heterocycles. The van der Waals surface area contributed by atoms with E-state index in [-0.39, 0.29) is 0 Å². The molecule has 0 radical (unpaired) electrons. The Bertz CT molecular complexity index is 754. The molecule has 3 aromatic rings. The summed E-state index contributed by atoms with van der Waals surface area (Å²) in [6.07, 6.45) is 1.03. The Morgan fingerprint density at radius 3 is 2.79 bits per heavy atom. The Hall–Kier alpha value is -0.720. The van der Waals surface area contributed by atoms with E-state index in [4.69, 9.17) is 11.6 Å². The first-order chi connectivity index (χ1) is 9.17. The number of hydrogen-bond donors (Lipinski definition) is 0. The number of aryl methyl sites for hydroxylation is 1. The Morgan fingerprint density at radius 2 is 2.05 bits per heavy atom. The zero-order chi connectivity index (χ0) is 13.4. The van der Waals surface area contributed by atoms with Gasteiger partial charge in [-0.15, -0.1) is 11.3 Å². The minimum Gasteiger partial charge on any atom is -0.227 e. The van der Waals surface area contributed by atoms with Gasteiger partial charge in [0, 0.05) is 13.8 Å². The molecule has 2 nitrogen and oxygen atoms in total. The smallest absolute Gasteiger partial charge is 0.171 e. The summed E-state index contributed by atoms with van der Waals surface area (Å²) in [5, 5.41) is 1.43. The van der Waals surface area contributed by atoms with Crippen molar-refractivity contribution in [1.82, 2.24) is 9.97 Å². The van der Waals surface area contributed by atoms with Crippen LogP contribution in [0.5, 0.6) is 0 Å². The maximum Gasteiger partial charge on any atom is 0.171 e. The summed E-state index contributed by atoms with van der Waals surface area (Å²) in [4.78, 5) is 11.4. The Labute approximate surface area is 134 Å². The van der Waals surface area contributed by atoms with Crippen molar-refractivity contribution < 1.29 is 0 Å². The number of hydrogen-bond acceptors (Lipinski definition) is 3. The first kappa shape index (κ1) is 13.3. The SMILES string of the molecule is CCc1ccc(-c2nc(Cl)c3cc(I)ccc3n2)s1. The van der Waals surface area contributed by atoms with Crippen LogP contribution in [0, 0.1) is 3.57 Å². The maximum atomic E-state index is 6.27. The number of fused-ring (bicyclic) bond motifs is 1. The van der Waals surface area contributed by atoms with Crippen LogP contribution >= 0.6 is 45.5 Å². The fourth-order valence-electron chi connectivity index (χ4n) is 1.86. The molecule has 3 rings (SSSR count). The second kappa shape index (κ2) is 5.34. The van der Waals surface area contributed by atoms with Gasteiger partial charge in [0.2, 0.25) is 0 Å². The monoisotopic (exact) mass is 400 g/mol. The van der Waals surface area contributed by atoms with Gasteiger partial charge in [-0.2, -0.15) is 0 Å². The highest BCUT2D eigenvalue weighted by Gasteiger charge is 2.10. The van der Waals surface area contributed by atoms with Crippen molar-refractivity contribution in [3.05, 3.63) is 43.9 Å². The van der Waals surface area contributed by atoms with Gasteiger partial charge in [0.05, 0.1) is 10.4 Å². The minimum atomic E-state index is 0.518. The molecular formula is C14H10ClIN2S. The van der Waals surface area contributed by atoms with Crippen LogP contribution in [0.3, 0.4) is 0 Å². The Balaban J connectivity index is 2.17. The molecule has 2 heterocycles. The van der Waals surface area contributed by atoms with Gasteiger partial charge in [-0.3, -0.25) is 0 Å². The first-order valence-electron chi connectivity index (χ1n) is 5.89. The lowest BCUT2D eigenvalue weighted by atomic mass is 10.2. The lowest BCUT2D eigenvalue weighted by Crippen LogP contribution is -1.90. The third-order valence-electron chi connectivity index (χ3n) is 2.84. The van der Waals surface area contributed by atoms with Crippen LogP contribution in [-0.2, 0) is 6.42 Å². The largest absolute Gasteiger partial charge is 0.227 e. The number of thiophene rings is 1. The van der Waals surface area contributed by atoms with Gasteiger partial charge in [0.15, 0.2) is 5.82 Å². The van der Waals surface area contributed by atoms with E-state index in [2.05, 4.69) is 51.6 Å². The molecule has 0 saturated heterocycles. The summed E-state index contributed by atoms with van der Waals surface area (Å²) in [5.41, 5.74) is 0.891. The number of halogens is 2. The van der Waals surface area contributed by atoms with Crippen molar-refractivity contribution in [2.75, 3.05) is 0 Å². The average Bonchev–Trinajstić information content (AvgIpc) is 2.88. The fourth-order valence-corrected chi connectivity index (χ4v) is 3.47. The molecule has 5 heteroatoms. The van der Waals surface area contributed by atoms with Crippen LogP contribution < -0.4 is 0 Å². The zero-order valence-electron chi connectivity index (χ0n) is 10.2. The van der Waals surface area contributed by atoms with E-state index in [9.17, 15) is 0 Å². The lowest BCUT2D eigenvalue weighted by molar-refractivity contribution is 1.19. The number of nitrogens with zero attached hydrogens (tertiary/aromatic N) is 2. The van der Waals surface area contributed by atoms with Gasteiger partial charge >= 0.3 is 0 Å². The molecule has 0 amide bonds. The van der Waals surface area contributed by atoms with Crippen LogP contribution in [0.1, 0.15) is 11.8 Å². The fraction of sp³-hybridized carbons (Fsp3) is 0.143. The van der Waals surface area contributed by atoms with Crippen LogP contribution in [0.4, 0.5) is 0 Å². The third-order valence-corrected chi connectivity index (χ3v) is 5.03. The predicted octanol–water partition coefficient (Wildman–Crippen LogP) is 5.18. The van der Waals surface area contributed by atoms with Crippen LogP contribution in [0.15, 0.2) is 30.3 Å². The average molecular weight is 401 g/mol. The van der Waals surface area contributed by atoms with Crippen molar-refractivity contribution in [1.29, 1.82) is 0 Å². The highest BCUT2D eigenvalue weighted by Crippen LogP contribution is 2.30. The molecule has 0 N–H and O–H groups in total. The summed E-state index contributed by atoms with van der Waals surface area (Å²) in [5.74, 6) is 0.711. The second-order valence-electron chi connectivity index (χ2n) is 4.12. The van der Waals surface area contributed by atoms with E-state index in [1.165, 1.54) is 4.88 Å². The van der Waals surface area contributed by atoms with Gasteiger partial charge < -0.3 is 0 Å². The van der Waals surface area contributed by atoms with Gasteiger partial charge in [-0.25, -0.2) is 9.97 Å². The molecule has 0 atom stereocenters. The van der Waals surface area contributed by atoms with Crippen LogP contribution in [0.2, 0.25) is 5.15 Å². The molecule has 0 unspecified atom stereocenters. The molecule has 0 aliphatic rings. The molecule has 1 aromatic carbocycles. The molecule has 0 bridgehead atoms. The van der Waals surface area contributed by atoms with E-state index >= 15 is 0 Å². The molecule has 2 aromatic heterocycles. The van der Waals surface area contributed by atoms with Crippen molar-refractivity contribution in [2.45, 2.75) is 13.3 Å². The lowest BCUT2D eigenvalue weighted by Gasteiger charge is -2.03. The van der Waals surface area contributed by atoms with Crippen molar-refractivity contribution in [2.24, 2.45) is 0 Å². The van der Waals surface area contributed by atoms with Crippen molar-refractivity contribution in [3.63, 3.8) is 0 Å². The summed E-state index contributed by atoms with van der Waals surface area (Å²) in [7, 11) is 0. The number of aromatic nitrogens is 2. The van der Waals surface area contributed by atoms with Gasteiger partial charge in [0.25, 0.3) is 0 Å². The van der Waals surface area contributed by atoms with Crippen LogP contribution in [0.25, 0.3) is 21.6 Å².